The van der Waals surface area contributed by atoms with Crippen LogP contribution in [0.1, 0.15) is 5.56 Å². The van der Waals surface area contributed by atoms with Gasteiger partial charge in [0, 0.05) is 17.2 Å². The number of amides is 1. The van der Waals surface area contributed by atoms with Crippen molar-refractivity contribution in [3.8, 4) is 11.8 Å². The Bertz CT molecular complexity index is 903. The van der Waals surface area contributed by atoms with Crippen molar-refractivity contribution in [3.63, 3.8) is 0 Å². The summed E-state index contributed by atoms with van der Waals surface area (Å²) in [6.45, 7) is 0. The van der Waals surface area contributed by atoms with Gasteiger partial charge in [-0.1, -0.05) is 23.7 Å². The first kappa shape index (κ1) is 18.0. The number of carbonyl (C=O) groups is 1. The van der Waals surface area contributed by atoms with Crippen molar-refractivity contribution in [1.29, 1.82) is 5.26 Å². The van der Waals surface area contributed by atoms with E-state index in [1.807, 2.05) is 0 Å². The van der Waals surface area contributed by atoms with E-state index in [9.17, 15) is 20.2 Å². The van der Waals surface area contributed by atoms with Crippen molar-refractivity contribution in [2.75, 3.05) is 12.4 Å². The van der Waals surface area contributed by atoms with Crippen LogP contribution in [0.3, 0.4) is 0 Å². The number of nitrogens with zero attached hydrogens (tertiary/aromatic N) is 2. The lowest BCUT2D eigenvalue weighted by molar-refractivity contribution is -0.384. The van der Waals surface area contributed by atoms with Crippen LogP contribution in [-0.4, -0.2) is 17.9 Å². The number of halogens is 1. The summed E-state index contributed by atoms with van der Waals surface area (Å²) in [5.41, 5.74) is 0.267. The van der Waals surface area contributed by atoms with Crippen molar-refractivity contribution in [2.24, 2.45) is 0 Å². The van der Waals surface area contributed by atoms with Crippen LogP contribution < -0.4 is 10.1 Å². The molecule has 2 aromatic rings. The number of hydrogen-bond acceptors (Lipinski definition) is 5. The Kier molecular flexibility index (Phi) is 5.71. The fourth-order valence-electron chi connectivity index (χ4n) is 2.01. The van der Waals surface area contributed by atoms with Gasteiger partial charge in [0.2, 0.25) is 0 Å². The summed E-state index contributed by atoms with van der Waals surface area (Å²) < 4.78 is 5.07. The molecule has 8 heteroatoms. The standard InChI is InChI=1S/C17H12ClN3O4/c1-25-16-6-5-14(21(23)24)9-15(16)20-17(22)12(10-19)7-11-3-2-4-13(18)8-11/h2-9H,1H3,(H,20,22). The molecule has 0 aliphatic carbocycles. The van der Waals surface area contributed by atoms with Gasteiger partial charge in [0.1, 0.15) is 17.4 Å². The van der Waals surface area contributed by atoms with Crippen molar-refractivity contribution in [2.45, 2.75) is 0 Å². The smallest absolute Gasteiger partial charge is 0.271 e. The Morgan fingerprint density at radius 2 is 2.12 bits per heavy atom. The molecular weight excluding hydrogens is 346 g/mol. The largest absolute Gasteiger partial charge is 0.495 e. The minimum absolute atomic E-state index is 0.0916. The van der Waals surface area contributed by atoms with E-state index < -0.39 is 10.8 Å². The van der Waals surface area contributed by atoms with Crippen LogP contribution in [0.15, 0.2) is 48.0 Å². The zero-order valence-electron chi connectivity index (χ0n) is 13.0. The summed E-state index contributed by atoms with van der Waals surface area (Å²) in [6.07, 6.45) is 1.37. The lowest BCUT2D eigenvalue weighted by Crippen LogP contribution is -2.14. The molecule has 2 aromatic carbocycles. The van der Waals surface area contributed by atoms with E-state index in [1.54, 1.807) is 30.3 Å². The van der Waals surface area contributed by atoms with Crippen LogP contribution in [0, 0.1) is 21.4 Å². The van der Waals surface area contributed by atoms with Gasteiger partial charge in [0.05, 0.1) is 17.7 Å². The molecule has 0 aliphatic rings. The van der Waals surface area contributed by atoms with Crippen LogP contribution in [0.4, 0.5) is 11.4 Å². The highest BCUT2D eigenvalue weighted by molar-refractivity contribution is 6.30. The number of rotatable bonds is 5. The summed E-state index contributed by atoms with van der Waals surface area (Å²) >= 11 is 5.87. The highest BCUT2D eigenvalue weighted by Gasteiger charge is 2.16. The molecule has 0 spiro atoms. The van der Waals surface area contributed by atoms with E-state index in [1.165, 1.54) is 25.3 Å². The number of anilines is 1. The SMILES string of the molecule is COc1ccc([N+](=O)[O-])cc1NC(=O)C(C#N)=Cc1cccc(Cl)c1. The zero-order valence-corrected chi connectivity index (χ0v) is 13.8. The van der Waals surface area contributed by atoms with Crippen molar-refractivity contribution < 1.29 is 14.5 Å². The van der Waals surface area contributed by atoms with Gasteiger partial charge in [-0.15, -0.1) is 0 Å². The minimum atomic E-state index is -0.721. The maximum Gasteiger partial charge on any atom is 0.271 e. The fraction of sp³-hybridized carbons (Fsp3) is 0.0588. The van der Waals surface area contributed by atoms with Crippen LogP contribution in [0.5, 0.6) is 5.75 Å². The van der Waals surface area contributed by atoms with Crippen LogP contribution in [0.2, 0.25) is 5.02 Å². The number of carbonyl (C=O) groups excluding carboxylic acids is 1. The number of nitriles is 1. The maximum absolute atomic E-state index is 12.3. The van der Waals surface area contributed by atoms with Crippen molar-refractivity contribution in [1.82, 2.24) is 0 Å². The molecule has 0 unspecified atom stereocenters. The predicted molar refractivity (Wildman–Crippen MR) is 93.3 cm³/mol. The molecule has 7 nitrogen and oxygen atoms in total. The molecule has 0 heterocycles. The van der Waals surface area contributed by atoms with Gasteiger partial charge < -0.3 is 10.1 Å². The second kappa shape index (κ2) is 7.95. The van der Waals surface area contributed by atoms with Gasteiger partial charge >= 0.3 is 0 Å². The summed E-state index contributed by atoms with van der Waals surface area (Å²) in [5, 5.41) is 23.0. The van der Waals surface area contributed by atoms with E-state index in [-0.39, 0.29) is 22.7 Å². The summed E-state index contributed by atoms with van der Waals surface area (Å²) in [7, 11) is 1.36. The van der Waals surface area contributed by atoms with Gasteiger partial charge in [-0.05, 0) is 29.8 Å². The molecule has 2 rings (SSSR count). The first-order valence-electron chi connectivity index (χ1n) is 6.95. The van der Waals surface area contributed by atoms with Gasteiger partial charge in [-0.25, -0.2) is 0 Å². The molecule has 0 saturated carbocycles. The quantitative estimate of drug-likeness (QED) is 0.379. The lowest BCUT2D eigenvalue weighted by Gasteiger charge is -2.09. The lowest BCUT2D eigenvalue weighted by atomic mass is 10.1. The maximum atomic E-state index is 12.3. The number of non-ortho nitro benzene ring substituents is 1. The van der Waals surface area contributed by atoms with Crippen LogP contribution >= 0.6 is 11.6 Å². The zero-order chi connectivity index (χ0) is 18.4. The molecule has 0 bridgehead atoms. The number of hydrogen-bond donors (Lipinski definition) is 1. The summed E-state index contributed by atoms with van der Waals surface area (Å²) in [4.78, 5) is 22.6. The van der Waals surface area contributed by atoms with Gasteiger partial charge in [-0.2, -0.15) is 5.26 Å². The molecule has 0 aromatic heterocycles. The normalized spacial score (nSPS) is 10.7. The molecule has 0 saturated heterocycles. The number of nitro benzene ring substituents is 1. The van der Waals surface area contributed by atoms with Gasteiger partial charge in [-0.3, -0.25) is 14.9 Å². The van der Waals surface area contributed by atoms with Crippen LogP contribution in [0.25, 0.3) is 6.08 Å². The molecule has 126 valence electrons. The van der Waals surface area contributed by atoms with E-state index in [4.69, 9.17) is 16.3 Å². The van der Waals surface area contributed by atoms with Crippen LogP contribution in [-0.2, 0) is 4.79 Å². The second-order valence-electron chi connectivity index (χ2n) is 4.82. The summed E-state index contributed by atoms with van der Waals surface area (Å²) in [5.74, 6) is -0.486. The Balaban J connectivity index is 2.32. The monoisotopic (exact) mass is 357 g/mol. The third-order valence-electron chi connectivity index (χ3n) is 3.17. The molecule has 25 heavy (non-hydrogen) atoms. The molecule has 0 aliphatic heterocycles. The first-order chi connectivity index (χ1) is 11.9. The average molecular weight is 358 g/mol. The predicted octanol–water partition coefficient (Wildman–Crippen LogP) is 3.80. The minimum Gasteiger partial charge on any atom is -0.495 e. The molecular formula is C17H12ClN3O4. The van der Waals surface area contributed by atoms with Gasteiger partial charge in [0.15, 0.2) is 0 Å². The Labute approximate surface area is 148 Å². The van der Waals surface area contributed by atoms with Crippen molar-refractivity contribution in [3.05, 3.63) is 68.7 Å². The van der Waals surface area contributed by atoms with E-state index in [0.717, 1.165) is 6.07 Å². The number of nitrogens with one attached hydrogen (secondary N) is 1. The Morgan fingerprint density at radius 3 is 2.72 bits per heavy atom. The summed E-state index contributed by atoms with van der Waals surface area (Å²) in [6, 6.07) is 12.2. The van der Waals surface area contributed by atoms with E-state index in [0.29, 0.717) is 10.6 Å². The number of benzene rings is 2. The van der Waals surface area contributed by atoms with Gasteiger partial charge in [0.25, 0.3) is 11.6 Å². The molecule has 0 radical (unpaired) electrons. The topological polar surface area (TPSA) is 105 Å². The Hall–Kier alpha value is -3.37. The molecule has 1 amide bonds. The third-order valence-corrected chi connectivity index (χ3v) is 3.40. The molecule has 0 atom stereocenters. The highest BCUT2D eigenvalue weighted by Crippen LogP contribution is 2.29. The van der Waals surface area contributed by atoms with E-state index >= 15 is 0 Å². The van der Waals surface area contributed by atoms with Crippen molar-refractivity contribution >= 4 is 35.0 Å². The molecule has 0 fully saturated rings. The first-order valence-corrected chi connectivity index (χ1v) is 7.33. The average Bonchev–Trinajstić information content (AvgIpc) is 2.59. The third kappa shape index (κ3) is 4.56. The number of ether oxygens (including phenoxy) is 1. The van der Waals surface area contributed by atoms with E-state index in [2.05, 4.69) is 5.32 Å². The fourth-order valence-corrected chi connectivity index (χ4v) is 2.21. The molecule has 1 N–H and O–H groups in total. The number of methoxy groups -OCH3 is 1. The second-order valence-corrected chi connectivity index (χ2v) is 5.26. The Morgan fingerprint density at radius 1 is 1.36 bits per heavy atom. The highest BCUT2D eigenvalue weighted by atomic mass is 35.5. The number of nitro groups is 1.